The molecule has 21 heavy (non-hydrogen) atoms. The summed E-state index contributed by atoms with van der Waals surface area (Å²) in [5.41, 5.74) is 1.83. The highest BCUT2D eigenvalue weighted by molar-refractivity contribution is 5.20. The van der Waals surface area contributed by atoms with Gasteiger partial charge in [0.15, 0.2) is 0 Å². The zero-order chi connectivity index (χ0) is 16.1. The Morgan fingerprint density at radius 2 is 1.76 bits per heavy atom. The molecule has 1 unspecified atom stereocenters. The van der Waals surface area contributed by atoms with E-state index >= 15 is 0 Å². The first-order chi connectivity index (χ1) is 9.97. The molecular weight excluding hydrogens is 256 g/mol. The SMILES string of the molecule is C=C/C=C(\C=C)CCC(C)O.CCC1(C)CCCCCC1. The van der Waals surface area contributed by atoms with Crippen molar-refractivity contribution in [1.29, 1.82) is 0 Å². The lowest BCUT2D eigenvalue weighted by molar-refractivity contribution is 0.185. The normalized spacial score (nSPS) is 19.7. The van der Waals surface area contributed by atoms with Crippen LogP contribution in [0.25, 0.3) is 0 Å². The Bertz CT molecular complexity index is 304. The Kier molecular flexibility index (Phi) is 11.3. The summed E-state index contributed by atoms with van der Waals surface area (Å²) in [4.78, 5) is 0. The highest BCUT2D eigenvalue weighted by Gasteiger charge is 2.22. The van der Waals surface area contributed by atoms with E-state index in [1.165, 1.54) is 44.9 Å². The average Bonchev–Trinajstić information content (AvgIpc) is 2.69. The minimum absolute atomic E-state index is 0.233. The van der Waals surface area contributed by atoms with E-state index in [4.69, 9.17) is 5.11 Å². The van der Waals surface area contributed by atoms with Gasteiger partial charge in [-0.3, -0.25) is 0 Å². The molecule has 1 N–H and O–H groups in total. The Morgan fingerprint density at radius 1 is 1.19 bits per heavy atom. The molecule has 122 valence electrons. The Labute approximate surface area is 132 Å². The molecule has 1 fully saturated rings. The van der Waals surface area contributed by atoms with Crippen LogP contribution in [-0.4, -0.2) is 11.2 Å². The fraction of sp³-hybridized carbons (Fsp3) is 0.700. The Balaban J connectivity index is 0.000000382. The van der Waals surface area contributed by atoms with Gasteiger partial charge in [0, 0.05) is 0 Å². The molecule has 0 amide bonds. The summed E-state index contributed by atoms with van der Waals surface area (Å²) >= 11 is 0. The van der Waals surface area contributed by atoms with Crippen LogP contribution in [0, 0.1) is 5.41 Å². The molecule has 0 saturated heterocycles. The first-order valence-corrected chi connectivity index (χ1v) is 8.59. The molecule has 1 heteroatoms. The van der Waals surface area contributed by atoms with Crippen molar-refractivity contribution in [3.8, 4) is 0 Å². The van der Waals surface area contributed by atoms with Crippen molar-refractivity contribution in [3.63, 3.8) is 0 Å². The van der Waals surface area contributed by atoms with Crippen LogP contribution in [0.15, 0.2) is 37.0 Å². The molecule has 0 spiro atoms. The minimum atomic E-state index is -0.233. The van der Waals surface area contributed by atoms with Crippen molar-refractivity contribution in [2.24, 2.45) is 5.41 Å². The smallest absolute Gasteiger partial charge is 0.0515 e. The first kappa shape index (κ1) is 20.2. The molecule has 0 bridgehead atoms. The quantitative estimate of drug-likeness (QED) is 0.456. The standard InChI is InChI=1S/C10H16O.C10H20/c1-4-6-10(5-2)8-7-9(3)11;1-3-10(2)8-6-4-5-7-9-10/h4-6,9,11H,1-2,7-8H2,3H3;3-9H2,1-2H3/b10-6+;. The number of aliphatic hydroxyl groups excluding tert-OH is 1. The van der Waals surface area contributed by atoms with E-state index in [2.05, 4.69) is 27.0 Å². The largest absolute Gasteiger partial charge is 0.393 e. The molecule has 0 heterocycles. The molecule has 1 rings (SSSR count). The maximum absolute atomic E-state index is 8.98. The van der Waals surface area contributed by atoms with Crippen molar-refractivity contribution in [3.05, 3.63) is 37.0 Å². The van der Waals surface area contributed by atoms with Crippen molar-refractivity contribution in [1.82, 2.24) is 0 Å². The van der Waals surface area contributed by atoms with Crippen LogP contribution in [0.1, 0.15) is 78.6 Å². The zero-order valence-corrected chi connectivity index (χ0v) is 14.5. The summed E-state index contributed by atoms with van der Waals surface area (Å²) in [7, 11) is 0. The van der Waals surface area contributed by atoms with Crippen LogP contribution < -0.4 is 0 Å². The molecule has 1 aliphatic carbocycles. The lowest BCUT2D eigenvalue weighted by Gasteiger charge is -2.25. The predicted octanol–water partition coefficient (Wildman–Crippen LogP) is 6.20. The third-order valence-corrected chi connectivity index (χ3v) is 4.61. The molecule has 1 nitrogen and oxygen atoms in total. The van der Waals surface area contributed by atoms with Crippen LogP contribution >= 0.6 is 0 Å². The number of hydrogen-bond acceptors (Lipinski definition) is 1. The summed E-state index contributed by atoms with van der Waals surface area (Å²) < 4.78 is 0. The molecule has 0 aliphatic heterocycles. The maximum Gasteiger partial charge on any atom is 0.0515 e. The van der Waals surface area contributed by atoms with E-state index in [1.807, 2.05) is 6.08 Å². The predicted molar refractivity (Wildman–Crippen MR) is 95.5 cm³/mol. The van der Waals surface area contributed by atoms with Gasteiger partial charge < -0.3 is 5.11 Å². The summed E-state index contributed by atoms with van der Waals surface area (Å²) in [5, 5.41) is 8.98. The second kappa shape index (κ2) is 11.8. The molecule has 1 aliphatic rings. The average molecular weight is 293 g/mol. The fourth-order valence-electron chi connectivity index (χ4n) is 2.72. The van der Waals surface area contributed by atoms with E-state index in [9.17, 15) is 0 Å². The monoisotopic (exact) mass is 292 g/mol. The molecule has 0 radical (unpaired) electrons. The van der Waals surface area contributed by atoms with E-state index in [0.717, 1.165) is 18.4 Å². The van der Waals surface area contributed by atoms with Crippen LogP contribution in [-0.2, 0) is 0 Å². The number of aliphatic hydroxyl groups is 1. The second-order valence-electron chi connectivity index (χ2n) is 6.65. The number of allylic oxidation sites excluding steroid dienone is 4. The summed E-state index contributed by atoms with van der Waals surface area (Å²) in [6.45, 7) is 13.8. The third kappa shape index (κ3) is 10.5. The summed E-state index contributed by atoms with van der Waals surface area (Å²) in [6, 6.07) is 0. The van der Waals surface area contributed by atoms with Crippen molar-refractivity contribution >= 4 is 0 Å². The van der Waals surface area contributed by atoms with Crippen LogP contribution in [0.4, 0.5) is 0 Å². The van der Waals surface area contributed by atoms with Crippen molar-refractivity contribution in [2.75, 3.05) is 0 Å². The second-order valence-corrected chi connectivity index (χ2v) is 6.65. The van der Waals surface area contributed by atoms with Gasteiger partial charge in [-0.15, -0.1) is 0 Å². The van der Waals surface area contributed by atoms with Gasteiger partial charge in [0.25, 0.3) is 0 Å². The van der Waals surface area contributed by atoms with Gasteiger partial charge in [0.05, 0.1) is 6.10 Å². The summed E-state index contributed by atoms with van der Waals surface area (Å²) in [6.07, 6.45) is 17.1. The molecule has 0 aromatic carbocycles. The van der Waals surface area contributed by atoms with Crippen LogP contribution in [0.3, 0.4) is 0 Å². The van der Waals surface area contributed by atoms with Gasteiger partial charge in [0.2, 0.25) is 0 Å². The van der Waals surface area contributed by atoms with E-state index in [-0.39, 0.29) is 6.10 Å². The topological polar surface area (TPSA) is 20.2 Å². The molecule has 0 aromatic heterocycles. The van der Waals surface area contributed by atoms with Gasteiger partial charge >= 0.3 is 0 Å². The maximum atomic E-state index is 8.98. The molecular formula is C20H36O. The van der Waals surface area contributed by atoms with Gasteiger partial charge in [-0.2, -0.15) is 0 Å². The lowest BCUT2D eigenvalue weighted by Crippen LogP contribution is -2.12. The fourth-order valence-corrected chi connectivity index (χ4v) is 2.72. The Hall–Kier alpha value is -0.820. The first-order valence-electron chi connectivity index (χ1n) is 8.59. The zero-order valence-electron chi connectivity index (χ0n) is 14.5. The van der Waals surface area contributed by atoms with E-state index in [0.29, 0.717) is 5.41 Å². The summed E-state index contributed by atoms with van der Waals surface area (Å²) in [5.74, 6) is 0. The van der Waals surface area contributed by atoms with Gasteiger partial charge in [-0.25, -0.2) is 0 Å². The van der Waals surface area contributed by atoms with Crippen molar-refractivity contribution in [2.45, 2.75) is 84.7 Å². The highest BCUT2D eigenvalue weighted by atomic mass is 16.3. The molecule has 0 aromatic rings. The molecule has 1 atom stereocenters. The highest BCUT2D eigenvalue weighted by Crippen LogP contribution is 2.36. The third-order valence-electron chi connectivity index (χ3n) is 4.61. The van der Waals surface area contributed by atoms with E-state index in [1.54, 1.807) is 19.1 Å². The Morgan fingerprint density at radius 3 is 2.14 bits per heavy atom. The van der Waals surface area contributed by atoms with Gasteiger partial charge in [-0.05, 0) is 43.6 Å². The van der Waals surface area contributed by atoms with E-state index < -0.39 is 0 Å². The number of hydrogen-bond donors (Lipinski definition) is 1. The van der Waals surface area contributed by atoms with Gasteiger partial charge in [0.1, 0.15) is 0 Å². The van der Waals surface area contributed by atoms with Crippen LogP contribution in [0.5, 0.6) is 0 Å². The molecule has 1 saturated carbocycles. The van der Waals surface area contributed by atoms with Crippen LogP contribution in [0.2, 0.25) is 0 Å². The lowest BCUT2D eigenvalue weighted by atomic mass is 9.80. The minimum Gasteiger partial charge on any atom is -0.393 e. The number of rotatable bonds is 6. The van der Waals surface area contributed by atoms with Gasteiger partial charge in [-0.1, -0.05) is 77.3 Å². The van der Waals surface area contributed by atoms with Crippen molar-refractivity contribution < 1.29 is 5.11 Å².